The summed E-state index contributed by atoms with van der Waals surface area (Å²) in [5, 5.41) is 6.66. The summed E-state index contributed by atoms with van der Waals surface area (Å²) in [7, 11) is 0. The van der Waals surface area contributed by atoms with E-state index in [4.69, 9.17) is 9.51 Å². The molecule has 1 atom stereocenters. The van der Waals surface area contributed by atoms with Crippen molar-refractivity contribution < 1.29 is 13.7 Å². The number of imidazole rings is 1. The Labute approximate surface area is 172 Å². The van der Waals surface area contributed by atoms with Crippen molar-refractivity contribution in [2.24, 2.45) is 0 Å². The molecule has 7 nitrogen and oxygen atoms in total. The van der Waals surface area contributed by atoms with Crippen LogP contribution in [0.2, 0.25) is 0 Å². The van der Waals surface area contributed by atoms with Crippen molar-refractivity contribution in [2.45, 2.75) is 40.3 Å². The Hall–Kier alpha value is -3.55. The zero-order valence-corrected chi connectivity index (χ0v) is 17.2. The summed E-state index contributed by atoms with van der Waals surface area (Å²) in [5.41, 5.74) is 3.66. The van der Waals surface area contributed by atoms with Crippen LogP contribution in [0.4, 0.5) is 4.39 Å². The molecule has 0 aliphatic heterocycles. The number of carbonyl (C=O) groups excluding carboxylic acids is 1. The summed E-state index contributed by atoms with van der Waals surface area (Å²) < 4.78 is 20.6. The van der Waals surface area contributed by atoms with Gasteiger partial charge in [-0.2, -0.15) is 4.98 Å². The maximum absolute atomic E-state index is 13.4. The second-order valence-electron chi connectivity index (χ2n) is 7.18. The minimum atomic E-state index is -0.443. The lowest BCUT2D eigenvalue weighted by Crippen LogP contribution is -2.27. The third kappa shape index (κ3) is 3.56. The van der Waals surface area contributed by atoms with Crippen LogP contribution in [-0.2, 0) is 6.54 Å². The molecule has 2 aromatic carbocycles. The number of benzene rings is 2. The number of hydrogen-bond donors (Lipinski definition) is 1. The minimum absolute atomic E-state index is 0.273. The number of halogens is 1. The fraction of sp³-hybridized carbons (Fsp3) is 0.273. The van der Waals surface area contributed by atoms with Gasteiger partial charge in [-0.25, -0.2) is 9.37 Å². The van der Waals surface area contributed by atoms with Gasteiger partial charge in [0.25, 0.3) is 5.91 Å². The molecule has 0 spiro atoms. The van der Waals surface area contributed by atoms with Gasteiger partial charge in [-0.15, -0.1) is 0 Å². The minimum Gasteiger partial charge on any atom is -0.341 e. The van der Waals surface area contributed by atoms with Crippen molar-refractivity contribution in [3.8, 4) is 11.1 Å². The van der Waals surface area contributed by atoms with Gasteiger partial charge in [-0.1, -0.05) is 17.3 Å². The Morgan fingerprint density at radius 1 is 1.20 bits per heavy atom. The van der Waals surface area contributed by atoms with Crippen LogP contribution in [0.25, 0.3) is 22.2 Å². The van der Waals surface area contributed by atoms with Crippen LogP contribution in [0, 0.1) is 19.7 Å². The Balaban J connectivity index is 1.79. The van der Waals surface area contributed by atoms with Crippen LogP contribution in [0.5, 0.6) is 0 Å². The summed E-state index contributed by atoms with van der Waals surface area (Å²) in [6, 6.07) is 9.35. The third-order valence-corrected chi connectivity index (χ3v) is 5.04. The van der Waals surface area contributed by atoms with Crippen molar-refractivity contribution in [3.05, 3.63) is 65.3 Å². The van der Waals surface area contributed by atoms with E-state index >= 15 is 0 Å². The van der Waals surface area contributed by atoms with Crippen LogP contribution in [0.1, 0.15) is 47.8 Å². The molecule has 0 saturated carbocycles. The van der Waals surface area contributed by atoms with Gasteiger partial charge in [0, 0.05) is 17.7 Å². The molecule has 0 aliphatic rings. The Bertz CT molecular complexity index is 1230. The molecular formula is C22H22FN5O2. The predicted molar refractivity (Wildman–Crippen MR) is 110 cm³/mol. The smallest absolute Gasteiger partial charge is 0.252 e. The van der Waals surface area contributed by atoms with E-state index in [1.807, 2.05) is 24.5 Å². The summed E-state index contributed by atoms with van der Waals surface area (Å²) in [6.07, 6.45) is 0. The van der Waals surface area contributed by atoms with E-state index in [9.17, 15) is 9.18 Å². The van der Waals surface area contributed by atoms with Crippen molar-refractivity contribution in [1.82, 2.24) is 25.0 Å². The molecule has 0 saturated heterocycles. The molecule has 30 heavy (non-hydrogen) atoms. The van der Waals surface area contributed by atoms with E-state index in [2.05, 4.69) is 15.5 Å². The standard InChI is InChI=1S/C22H22FN5O2/c1-5-28-14(4)26-20-18(15-6-8-17(23)9-7-15)10-16(11-19(20)28)21(29)24-12(2)22-25-13(3)27-30-22/h6-12H,5H2,1-4H3,(H,24,29)/t12-/m1/s1. The second-order valence-corrected chi connectivity index (χ2v) is 7.18. The predicted octanol–water partition coefficient (Wildman–Crippen LogP) is 4.35. The lowest BCUT2D eigenvalue weighted by molar-refractivity contribution is 0.0932. The Kier molecular flexibility index (Phi) is 5.07. The van der Waals surface area contributed by atoms with E-state index in [1.165, 1.54) is 12.1 Å². The molecule has 1 amide bonds. The Morgan fingerprint density at radius 3 is 2.57 bits per heavy atom. The number of aryl methyl sites for hydroxylation is 3. The maximum atomic E-state index is 13.4. The number of nitrogens with one attached hydrogen (secondary N) is 1. The molecule has 0 radical (unpaired) electrons. The van der Waals surface area contributed by atoms with Crippen molar-refractivity contribution in [1.29, 1.82) is 0 Å². The molecule has 4 rings (SSSR count). The molecular weight excluding hydrogens is 385 g/mol. The van der Waals surface area contributed by atoms with E-state index in [0.717, 1.165) is 28.0 Å². The SMILES string of the molecule is CCn1c(C)nc2c(-c3ccc(F)cc3)cc(C(=O)N[C@H](C)c3nc(C)no3)cc21. The van der Waals surface area contributed by atoms with E-state index in [1.54, 1.807) is 32.0 Å². The van der Waals surface area contributed by atoms with Gasteiger partial charge in [-0.05, 0) is 57.5 Å². The van der Waals surface area contributed by atoms with Gasteiger partial charge >= 0.3 is 0 Å². The van der Waals surface area contributed by atoms with Crippen molar-refractivity contribution >= 4 is 16.9 Å². The molecule has 0 fully saturated rings. The Morgan fingerprint density at radius 2 is 1.93 bits per heavy atom. The summed E-state index contributed by atoms with van der Waals surface area (Å²) in [6.45, 7) is 8.17. The first-order chi connectivity index (χ1) is 14.4. The molecule has 0 bridgehead atoms. The van der Waals surface area contributed by atoms with Crippen molar-refractivity contribution in [3.63, 3.8) is 0 Å². The van der Waals surface area contributed by atoms with Crippen LogP contribution in [0.15, 0.2) is 40.9 Å². The quantitative estimate of drug-likeness (QED) is 0.531. The number of hydrogen-bond acceptors (Lipinski definition) is 5. The number of carbonyl (C=O) groups is 1. The first-order valence-corrected chi connectivity index (χ1v) is 9.75. The van der Waals surface area contributed by atoms with Gasteiger partial charge in [0.15, 0.2) is 5.82 Å². The van der Waals surface area contributed by atoms with Crippen LogP contribution in [0.3, 0.4) is 0 Å². The topological polar surface area (TPSA) is 85.8 Å². The zero-order chi connectivity index (χ0) is 21.4. The maximum Gasteiger partial charge on any atom is 0.252 e. The van der Waals surface area contributed by atoms with Gasteiger partial charge < -0.3 is 14.4 Å². The van der Waals surface area contributed by atoms with Crippen LogP contribution in [-0.4, -0.2) is 25.6 Å². The summed E-state index contributed by atoms with van der Waals surface area (Å²) in [5.74, 6) is 1.11. The van der Waals surface area contributed by atoms with E-state index < -0.39 is 6.04 Å². The lowest BCUT2D eigenvalue weighted by Gasteiger charge is -2.12. The largest absolute Gasteiger partial charge is 0.341 e. The molecule has 2 heterocycles. The fourth-order valence-electron chi connectivity index (χ4n) is 3.55. The number of aromatic nitrogens is 4. The monoisotopic (exact) mass is 407 g/mol. The number of amides is 1. The fourth-order valence-corrected chi connectivity index (χ4v) is 3.55. The highest BCUT2D eigenvalue weighted by Gasteiger charge is 2.20. The molecule has 2 aromatic heterocycles. The summed E-state index contributed by atoms with van der Waals surface area (Å²) in [4.78, 5) is 21.9. The van der Waals surface area contributed by atoms with Gasteiger partial charge in [0.05, 0.1) is 11.0 Å². The van der Waals surface area contributed by atoms with Gasteiger partial charge in [0.1, 0.15) is 17.7 Å². The zero-order valence-electron chi connectivity index (χ0n) is 17.2. The molecule has 8 heteroatoms. The highest BCUT2D eigenvalue weighted by molar-refractivity contribution is 6.02. The average Bonchev–Trinajstić information content (AvgIpc) is 3.30. The lowest BCUT2D eigenvalue weighted by atomic mass is 10.0. The molecule has 4 aromatic rings. The van der Waals surface area contributed by atoms with E-state index in [0.29, 0.717) is 23.8 Å². The summed E-state index contributed by atoms with van der Waals surface area (Å²) >= 11 is 0. The average molecular weight is 407 g/mol. The first kappa shape index (κ1) is 19.8. The second kappa shape index (κ2) is 7.70. The van der Waals surface area contributed by atoms with E-state index in [-0.39, 0.29) is 11.7 Å². The molecule has 0 unspecified atom stereocenters. The number of nitrogens with zero attached hydrogens (tertiary/aromatic N) is 4. The normalized spacial score (nSPS) is 12.3. The highest BCUT2D eigenvalue weighted by Crippen LogP contribution is 2.31. The first-order valence-electron chi connectivity index (χ1n) is 9.75. The van der Waals surface area contributed by atoms with Crippen LogP contribution < -0.4 is 5.32 Å². The number of fused-ring (bicyclic) bond motifs is 1. The highest BCUT2D eigenvalue weighted by atomic mass is 19.1. The molecule has 154 valence electrons. The van der Waals surface area contributed by atoms with Gasteiger partial charge in [-0.3, -0.25) is 4.79 Å². The molecule has 1 N–H and O–H groups in total. The van der Waals surface area contributed by atoms with Gasteiger partial charge in [0.2, 0.25) is 5.89 Å². The molecule has 0 aliphatic carbocycles. The van der Waals surface area contributed by atoms with Crippen molar-refractivity contribution in [2.75, 3.05) is 0 Å². The third-order valence-electron chi connectivity index (χ3n) is 5.04. The van der Waals surface area contributed by atoms with Crippen LogP contribution >= 0.6 is 0 Å². The number of rotatable bonds is 5.